The molecule has 0 saturated heterocycles. The van der Waals surface area contributed by atoms with Crippen LogP contribution in [-0.2, 0) is 19.6 Å². The van der Waals surface area contributed by atoms with Crippen molar-refractivity contribution in [1.29, 1.82) is 0 Å². The predicted molar refractivity (Wildman–Crippen MR) is 135 cm³/mol. The van der Waals surface area contributed by atoms with Gasteiger partial charge in [-0.1, -0.05) is 0 Å². The van der Waals surface area contributed by atoms with Gasteiger partial charge in [0.25, 0.3) is 10.0 Å². The second-order valence-electron chi connectivity index (χ2n) is 7.31. The van der Waals surface area contributed by atoms with Crippen molar-refractivity contribution in [2.45, 2.75) is 28.9 Å². The number of thioether (sulfide) groups is 1. The Kier molecular flexibility index (Phi) is 8.19. The fourth-order valence-electron chi connectivity index (χ4n) is 2.91. The second kappa shape index (κ2) is 11.1. The number of sulfonamides is 1. The van der Waals surface area contributed by atoms with Crippen molar-refractivity contribution < 1.29 is 22.7 Å². The highest BCUT2D eigenvalue weighted by atomic mass is 32.2. The maximum absolute atomic E-state index is 12.6. The molecule has 0 radical (unpaired) electrons. The first-order valence-corrected chi connectivity index (χ1v) is 12.6. The molecule has 34 heavy (non-hydrogen) atoms. The number of benzene rings is 3. The highest BCUT2D eigenvalue weighted by Crippen LogP contribution is 2.26. The lowest BCUT2D eigenvalue weighted by atomic mass is 10.3. The maximum Gasteiger partial charge on any atom is 0.261 e. The van der Waals surface area contributed by atoms with Crippen molar-refractivity contribution in [1.82, 2.24) is 0 Å². The van der Waals surface area contributed by atoms with Crippen LogP contribution in [0, 0.1) is 0 Å². The zero-order chi connectivity index (χ0) is 24.7. The van der Waals surface area contributed by atoms with Crippen molar-refractivity contribution in [2.24, 2.45) is 0 Å². The smallest absolute Gasteiger partial charge is 0.261 e. The molecule has 0 spiro atoms. The maximum atomic E-state index is 12.6. The molecule has 0 aromatic heterocycles. The number of ether oxygens (including phenoxy) is 1. The normalized spacial score (nSPS) is 11.9. The number of carbonyl (C=O) groups excluding carboxylic acids is 2. The van der Waals surface area contributed by atoms with Crippen LogP contribution in [0.4, 0.5) is 17.1 Å². The summed E-state index contributed by atoms with van der Waals surface area (Å²) in [6, 6.07) is 19.7. The Morgan fingerprint density at radius 3 is 1.91 bits per heavy atom. The van der Waals surface area contributed by atoms with Gasteiger partial charge in [0.05, 0.1) is 17.3 Å². The Bertz CT molecular complexity index is 1240. The molecule has 3 N–H and O–H groups in total. The van der Waals surface area contributed by atoms with Gasteiger partial charge in [-0.3, -0.25) is 14.3 Å². The zero-order valence-electron chi connectivity index (χ0n) is 18.9. The first-order chi connectivity index (χ1) is 16.2. The Morgan fingerprint density at radius 1 is 0.824 bits per heavy atom. The Labute approximate surface area is 203 Å². The van der Waals surface area contributed by atoms with Gasteiger partial charge in [-0.05, 0) is 79.7 Å². The van der Waals surface area contributed by atoms with E-state index in [9.17, 15) is 18.0 Å². The van der Waals surface area contributed by atoms with E-state index in [1.54, 1.807) is 55.5 Å². The van der Waals surface area contributed by atoms with Crippen LogP contribution in [0.2, 0.25) is 0 Å². The summed E-state index contributed by atoms with van der Waals surface area (Å²) >= 11 is 1.37. The summed E-state index contributed by atoms with van der Waals surface area (Å²) in [6.45, 7) is 3.22. The van der Waals surface area contributed by atoms with Crippen LogP contribution in [0.15, 0.2) is 82.6 Å². The lowest BCUT2D eigenvalue weighted by Crippen LogP contribution is -2.22. The molecule has 1 unspecified atom stereocenters. The van der Waals surface area contributed by atoms with Gasteiger partial charge in [-0.2, -0.15) is 0 Å². The van der Waals surface area contributed by atoms with E-state index in [1.165, 1.54) is 37.9 Å². The van der Waals surface area contributed by atoms with Gasteiger partial charge in [-0.25, -0.2) is 8.42 Å². The average molecular weight is 500 g/mol. The van der Waals surface area contributed by atoms with Crippen molar-refractivity contribution in [3.63, 3.8) is 0 Å². The third-order valence-corrected chi connectivity index (χ3v) is 7.14. The van der Waals surface area contributed by atoms with E-state index in [2.05, 4.69) is 15.4 Å². The van der Waals surface area contributed by atoms with Gasteiger partial charge in [0.15, 0.2) is 0 Å². The molecule has 178 valence electrons. The summed E-state index contributed by atoms with van der Waals surface area (Å²) in [5.41, 5.74) is 1.58. The number of hydrogen-bond acceptors (Lipinski definition) is 6. The summed E-state index contributed by atoms with van der Waals surface area (Å²) < 4.78 is 32.8. The van der Waals surface area contributed by atoms with Crippen LogP contribution in [0.5, 0.6) is 5.75 Å². The molecule has 0 aliphatic carbocycles. The first-order valence-electron chi connectivity index (χ1n) is 10.3. The van der Waals surface area contributed by atoms with Gasteiger partial charge < -0.3 is 15.4 Å². The van der Waals surface area contributed by atoms with Gasteiger partial charge in [0.1, 0.15) is 5.75 Å². The number of carbonyl (C=O) groups is 2. The van der Waals surface area contributed by atoms with E-state index < -0.39 is 15.3 Å². The molecule has 3 rings (SSSR count). The molecule has 0 saturated carbocycles. The number of nitrogens with one attached hydrogen (secondary N) is 3. The molecular weight excluding hydrogens is 474 g/mol. The minimum atomic E-state index is -3.78. The van der Waals surface area contributed by atoms with Crippen LogP contribution < -0.4 is 20.1 Å². The van der Waals surface area contributed by atoms with Crippen molar-refractivity contribution in [2.75, 3.05) is 22.5 Å². The van der Waals surface area contributed by atoms with E-state index >= 15 is 0 Å². The van der Waals surface area contributed by atoms with E-state index in [0.717, 1.165) is 4.90 Å². The minimum absolute atomic E-state index is 0.0722. The van der Waals surface area contributed by atoms with Crippen LogP contribution in [0.1, 0.15) is 13.8 Å². The third kappa shape index (κ3) is 7.00. The van der Waals surface area contributed by atoms with Gasteiger partial charge in [0, 0.05) is 28.9 Å². The van der Waals surface area contributed by atoms with Gasteiger partial charge >= 0.3 is 0 Å². The number of hydrogen-bond donors (Lipinski definition) is 3. The Hall–Kier alpha value is -3.50. The number of rotatable bonds is 9. The van der Waals surface area contributed by atoms with Crippen LogP contribution in [-0.4, -0.2) is 32.6 Å². The van der Waals surface area contributed by atoms with Gasteiger partial charge in [0.2, 0.25) is 11.8 Å². The highest BCUT2D eigenvalue weighted by molar-refractivity contribution is 8.00. The van der Waals surface area contributed by atoms with Crippen LogP contribution in [0.3, 0.4) is 0 Å². The summed E-state index contributed by atoms with van der Waals surface area (Å²) in [6.07, 6.45) is 0. The summed E-state index contributed by atoms with van der Waals surface area (Å²) in [7, 11) is -2.25. The molecular formula is C24H25N3O5S2. The van der Waals surface area contributed by atoms with E-state index in [-0.39, 0.29) is 16.7 Å². The summed E-state index contributed by atoms with van der Waals surface area (Å²) in [4.78, 5) is 24.6. The van der Waals surface area contributed by atoms with Crippen LogP contribution in [0.25, 0.3) is 0 Å². The fraction of sp³-hybridized carbons (Fsp3) is 0.167. The molecule has 1 atom stereocenters. The monoisotopic (exact) mass is 499 g/mol. The van der Waals surface area contributed by atoms with E-state index in [1.807, 2.05) is 12.1 Å². The molecule has 0 bridgehead atoms. The number of anilines is 3. The third-order valence-electron chi connectivity index (χ3n) is 4.63. The highest BCUT2D eigenvalue weighted by Gasteiger charge is 2.17. The fourth-order valence-corrected chi connectivity index (χ4v) is 4.84. The predicted octanol–water partition coefficient (Wildman–Crippen LogP) is 4.57. The lowest BCUT2D eigenvalue weighted by molar-refractivity contribution is -0.115. The second-order valence-corrected chi connectivity index (χ2v) is 10.4. The lowest BCUT2D eigenvalue weighted by Gasteiger charge is -2.13. The molecule has 0 fully saturated rings. The average Bonchev–Trinajstić information content (AvgIpc) is 2.80. The molecule has 2 amide bonds. The Morgan fingerprint density at radius 2 is 1.35 bits per heavy atom. The van der Waals surface area contributed by atoms with Crippen molar-refractivity contribution in [3.05, 3.63) is 72.8 Å². The topological polar surface area (TPSA) is 114 Å². The quantitative estimate of drug-likeness (QED) is 0.372. The largest absolute Gasteiger partial charge is 0.497 e. The molecule has 3 aromatic rings. The standard InChI is InChI=1S/C24H25N3O5S2/c1-16(33-22-12-6-18(7-13-22)25-17(2)28)24(29)26-19-8-14-23(15-9-19)34(30,31)27-20-4-10-21(32-3)11-5-20/h4-16,27H,1-3H3,(H,25,28)(H,26,29). The molecule has 0 heterocycles. The summed E-state index contributed by atoms with van der Waals surface area (Å²) in [5, 5.41) is 5.09. The summed E-state index contributed by atoms with van der Waals surface area (Å²) in [5.74, 6) is 0.254. The first kappa shape index (κ1) is 25.1. The van der Waals surface area contributed by atoms with Gasteiger partial charge in [-0.15, -0.1) is 11.8 Å². The Balaban J connectivity index is 1.58. The molecule has 0 aliphatic rings. The zero-order valence-corrected chi connectivity index (χ0v) is 20.5. The molecule has 8 nitrogen and oxygen atoms in total. The minimum Gasteiger partial charge on any atom is -0.497 e. The van der Waals surface area contributed by atoms with E-state index in [4.69, 9.17) is 4.74 Å². The number of methoxy groups -OCH3 is 1. The molecule has 0 aliphatic heterocycles. The number of amides is 2. The van der Waals surface area contributed by atoms with Crippen molar-refractivity contribution >= 4 is 50.7 Å². The van der Waals surface area contributed by atoms with Crippen LogP contribution >= 0.6 is 11.8 Å². The van der Waals surface area contributed by atoms with E-state index in [0.29, 0.717) is 22.8 Å². The van der Waals surface area contributed by atoms with Crippen molar-refractivity contribution in [3.8, 4) is 5.75 Å². The molecule has 3 aromatic carbocycles. The molecule has 10 heteroatoms. The SMILES string of the molecule is COc1ccc(NS(=O)(=O)c2ccc(NC(=O)C(C)Sc3ccc(NC(C)=O)cc3)cc2)cc1.